The number of halogens is 3. The fraction of sp³-hybridized carbons (Fsp3) is 0.300. The van der Waals surface area contributed by atoms with Crippen molar-refractivity contribution in [2.75, 3.05) is 43.4 Å². The number of hydrogen-bond acceptors (Lipinski definition) is 3. The minimum absolute atomic E-state index is 0.0549. The van der Waals surface area contributed by atoms with Crippen LogP contribution in [0.25, 0.3) is 0 Å². The quantitative estimate of drug-likeness (QED) is 0.717. The second-order valence-corrected chi connectivity index (χ2v) is 7.55. The Morgan fingerprint density at radius 1 is 0.966 bits per heavy atom. The Balaban J connectivity index is 1.51. The first-order chi connectivity index (χ1) is 13.9. The van der Waals surface area contributed by atoms with Crippen LogP contribution in [0.4, 0.5) is 25.0 Å². The first kappa shape index (κ1) is 21.2. The van der Waals surface area contributed by atoms with E-state index in [-0.39, 0.29) is 24.2 Å². The van der Waals surface area contributed by atoms with Gasteiger partial charge in [-0.05, 0) is 46.6 Å². The molecule has 0 aliphatic carbocycles. The molecule has 1 aliphatic rings. The van der Waals surface area contributed by atoms with Crippen LogP contribution in [-0.2, 0) is 4.79 Å². The van der Waals surface area contributed by atoms with Gasteiger partial charge >= 0.3 is 6.03 Å². The molecule has 29 heavy (non-hydrogen) atoms. The Labute approximate surface area is 176 Å². The molecule has 6 nitrogen and oxygen atoms in total. The number of anilines is 2. The zero-order valence-corrected chi connectivity index (χ0v) is 17.2. The van der Waals surface area contributed by atoms with Crippen LogP contribution in [0.5, 0.6) is 0 Å². The first-order valence-corrected chi connectivity index (χ1v) is 9.99. The van der Waals surface area contributed by atoms with Crippen LogP contribution < -0.4 is 10.6 Å². The lowest BCUT2D eigenvalue weighted by Crippen LogP contribution is -2.39. The van der Waals surface area contributed by atoms with Gasteiger partial charge in [0.1, 0.15) is 11.6 Å². The second-order valence-electron chi connectivity index (χ2n) is 6.70. The highest BCUT2D eigenvalue weighted by molar-refractivity contribution is 9.10. The van der Waals surface area contributed by atoms with E-state index in [1.807, 2.05) is 29.2 Å². The molecular weight excluding hydrogens is 446 g/mol. The van der Waals surface area contributed by atoms with Crippen LogP contribution in [0, 0.1) is 11.6 Å². The minimum Gasteiger partial charge on any atom is -0.323 e. The third kappa shape index (κ3) is 5.98. The van der Waals surface area contributed by atoms with E-state index in [4.69, 9.17) is 0 Å². The van der Waals surface area contributed by atoms with Crippen molar-refractivity contribution < 1.29 is 18.4 Å². The number of carbonyl (C=O) groups excluding carboxylic acids is 2. The molecule has 0 unspecified atom stereocenters. The van der Waals surface area contributed by atoms with Gasteiger partial charge in [-0.1, -0.05) is 12.1 Å². The number of hydrogen-bond donors (Lipinski definition) is 2. The number of nitrogens with one attached hydrogen (secondary N) is 2. The number of para-hydroxylation sites is 1. The highest BCUT2D eigenvalue weighted by atomic mass is 79.9. The van der Waals surface area contributed by atoms with E-state index in [1.165, 1.54) is 6.07 Å². The monoisotopic (exact) mass is 466 g/mol. The molecule has 0 radical (unpaired) electrons. The molecule has 2 aromatic carbocycles. The molecule has 9 heteroatoms. The maximum atomic E-state index is 13.7. The van der Waals surface area contributed by atoms with Crippen molar-refractivity contribution in [3.8, 4) is 0 Å². The molecule has 1 aliphatic heterocycles. The first-order valence-electron chi connectivity index (χ1n) is 9.20. The van der Waals surface area contributed by atoms with Gasteiger partial charge in [-0.2, -0.15) is 0 Å². The molecule has 154 valence electrons. The van der Waals surface area contributed by atoms with E-state index in [0.717, 1.165) is 16.6 Å². The van der Waals surface area contributed by atoms with Crippen LogP contribution in [-0.4, -0.2) is 54.5 Å². The van der Waals surface area contributed by atoms with E-state index >= 15 is 0 Å². The van der Waals surface area contributed by atoms with E-state index < -0.39 is 11.6 Å². The minimum atomic E-state index is -0.816. The molecule has 2 aromatic rings. The predicted molar refractivity (Wildman–Crippen MR) is 111 cm³/mol. The van der Waals surface area contributed by atoms with Crippen LogP contribution in [0.3, 0.4) is 0 Å². The molecule has 3 amide bonds. The van der Waals surface area contributed by atoms with Crippen LogP contribution in [0.2, 0.25) is 0 Å². The fourth-order valence-corrected chi connectivity index (χ4v) is 3.46. The predicted octanol–water partition coefficient (Wildman–Crippen LogP) is 3.91. The molecule has 0 atom stereocenters. The zero-order valence-electron chi connectivity index (χ0n) is 15.6. The van der Waals surface area contributed by atoms with Crippen LogP contribution in [0.15, 0.2) is 46.9 Å². The van der Waals surface area contributed by atoms with Gasteiger partial charge in [0, 0.05) is 36.7 Å². The van der Waals surface area contributed by atoms with Gasteiger partial charge in [0.15, 0.2) is 0 Å². The lowest BCUT2D eigenvalue weighted by Gasteiger charge is -2.22. The average Bonchev–Trinajstić information content (AvgIpc) is 2.91. The molecule has 0 bridgehead atoms. The van der Waals surface area contributed by atoms with E-state index in [9.17, 15) is 18.4 Å². The van der Waals surface area contributed by atoms with Crippen molar-refractivity contribution in [2.24, 2.45) is 0 Å². The summed E-state index contributed by atoms with van der Waals surface area (Å²) in [4.78, 5) is 28.4. The van der Waals surface area contributed by atoms with Gasteiger partial charge in [0.05, 0.1) is 17.9 Å². The van der Waals surface area contributed by atoms with Gasteiger partial charge in [0.2, 0.25) is 5.91 Å². The summed E-state index contributed by atoms with van der Waals surface area (Å²) in [7, 11) is 0. The van der Waals surface area contributed by atoms with Gasteiger partial charge < -0.3 is 15.5 Å². The molecule has 0 aromatic heterocycles. The highest BCUT2D eigenvalue weighted by Gasteiger charge is 2.21. The van der Waals surface area contributed by atoms with Gasteiger partial charge in [-0.25, -0.2) is 13.6 Å². The normalized spacial score (nSPS) is 14.9. The van der Waals surface area contributed by atoms with Crippen molar-refractivity contribution in [1.29, 1.82) is 0 Å². The van der Waals surface area contributed by atoms with Crippen LogP contribution >= 0.6 is 15.9 Å². The summed E-state index contributed by atoms with van der Waals surface area (Å²) in [5.41, 5.74) is 0.639. The number of urea groups is 1. The molecule has 0 spiro atoms. The Kier molecular flexibility index (Phi) is 7.16. The summed E-state index contributed by atoms with van der Waals surface area (Å²) < 4.78 is 27.4. The summed E-state index contributed by atoms with van der Waals surface area (Å²) in [6, 6.07) is 10.2. The van der Waals surface area contributed by atoms with E-state index in [2.05, 4.69) is 26.6 Å². The molecule has 1 fully saturated rings. The fourth-order valence-electron chi connectivity index (χ4n) is 3.07. The van der Waals surface area contributed by atoms with Crippen molar-refractivity contribution in [2.45, 2.75) is 6.42 Å². The Morgan fingerprint density at radius 3 is 2.52 bits per heavy atom. The van der Waals surface area contributed by atoms with Crippen molar-refractivity contribution in [3.05, 3.63) is 58.6 Å². The smallest absolute Gasteiger partial charge is 0.321 e. The summed E-state index contributed by atoms with van der Waals surface area (Å²) in [6.07, 6.45) is 0.710. The largest absolute Gasteiger partial charge is 0.323 e. The summed E-state index contributed by atoms with van der Waals surface area (Å²) >= 11 is 3.40. The van der Waals surface area contributed by atoms with E-state index in [0.29, 0.717) is 38.3 Å². The summed E-state index contributed by atoms with van der Waals surface area (Å²) in [6.45, 7) is 2.26. The lowest BCUT2D eigenvalue weighted by atomic mass is 10.3. The third-order valence-electron chi connectivity index (χ3n) is 4.56. The Bertz CT molecular complexity index is 897. The molecule has 1 saturated heterocycles. The average molecular weight is 467 g/mol. The van der Waals surface area contributed by atoms with Gasteiger partial charge in [0.25, 0.3) is 0 Å². The maximum Gasteiger partial charge on any atom is 0.321 e. The topological polar surface area (TPSA) is 64.7 Å². The van der Waals surface area contributed by atoms with Crippen molar-refractivity contribution in [1.82, 2.24) is 9.80 Å². The number of benzene rings is 2. The molecule has 2 N–H and O–H groups in total. The SMILES string of the molecule is O=C(CN1CCCN(C(=O)Nc2ccccc2Br)CC1)Nc1ccc(F)cc1F. The molecule has 3 rings (SSSR count). The van der Waals surface area contributed by atoms with Gasteiger partial charge in [-0.15, -0.1) is 0 Å². The lowest BCUT2D eigenvalue weighted by molar-refractivity contribution is -0.117. The third-order valence-corrected chi connectivity index (χ3v) is 5.26. The van der Waals surface area contributed by atoms with E-state index in [1.54, 1.807) is 4.90 Å². The standard InChI is InChI=1S/C20H21BrF2N4O2/c21-15-4-1-2-5-17(15)25-20(29)27-9-3-8-26(10-11-27)13-19(28)24-18-7-6-14(22)12-16(18)23/h1-2,4-7,12H,3,8-11,13H2,(H,24,28)(H,25,29). The number of carbonyl (C=O) groups is 2. The zero-order chi connectivity index (χ0) is 20.8. The van der Waals surface area contributed by atoms with Crippen molar-refractivity contribution in [3.63, 3.8) is 0 Å². The number of rotatable bonds is 4. The van der Waals surface area contributed by atoms with Crippen LogP contribution in [0.1, 0.15) is 6.42 Å². The van der Waals surface area contributed by atoms with Crippen molar-refractivity contribution >= 4 is 39.2 Å². The summed E-state index contributed by atoms with van der Waals surface area (Å²) in [5.74, 6) is -1.90. The second kappa shape index (κ2) is 9.80. The number of nitrogens with zero attached hydrogens (tertiary/aromatic N) is 2. The number of amides is 3. The molecule has 1 heterocycles. The molecular formula is C20H21BrF2N4O2. The van der Waals surface area contributed by atoms with Gasteiger partial charge in [-0.3, -0.25) is 9.69 Å². The Morgan fingerprint density at radius 2 is 1.76 bits per heavy atom. The Hall–Kier alpha value is -2.52. The highest BCUT2D eigenvalue weighted by Crippen LogP contribution is 2.21. The molecule has 0 saturated carbocycles. The summed E-state index contributed by atoms with van der Waals surface area (Å²) in [5, 5.41) is 5.33. The maximum absolute atomic E-state index is 13.7.